The minimum atomic E-state index is -0.553. The van der Waals surface area contributed by atoms with Crippen LogP contribution in [0.1, 0.15) is 55.7 Å². The van der Waals surface area contributed by atoms with Crippen molar-refractivity contribution in [2.24, 2.45) is 5.92 Å². The van der Waals surface area contributed by atoms with E-state index < -0.39 is 11.7 Å². The summed E-state index contributed by atoms with van der Waals surface area (Å²) in [5.74, 6) is 0.930. The molecule has 4 heterocycles. The predicted molar refractivity (Wildman–Crippen MR) is 154 cm³/mol. The summed E-state index contributed by atoms with van der Waals surface area (Å²) in [6.07, 6.45) is 5.60. The molecule has 3 aromatic rings. The maximum Gasteiger partial charge on any atom is 0.407 e. The van der Waals surface area contributed by atoms with Crippen molar-refractivity contribution in [3.63, 3.8) is 0 Å². The Labute approximate surface area is 235 Å². The Morgan fingerprint density at radius 2 is 1.98 bits per heavy atom. The lowest BCUT2D eigenvalue weighted by Crippen LogP contribution is -2.44. The first-order chi connectivity index (χ1) is 19.1. The SMILES string of the molecule is CCn1ccc2cc(C(=O)N[C@H]3CCc4nc(N5C[C@@H](COC)[C@@H](NC(=O)OC(C)(C)C)C5)ccc4C3)cnc21. The van der Waals surface area contributed by atoms with Crippen LogP contribution in [0.25, 0.3) is 11.0 Å². The summed E-state index contributed by atoms with van der Waals surface area (Å²) in [6.45, 7) is 10.4. The van der Waals surface area contributed by atoms with Crippen molar-refractivity contribution < 1.29 is 19.1 Å². The van der Waals surface area contributed by atoms with Gasteiger partial charge in [-0.05, 0) is 70.7 Å². The fraction of sp³-hybridized carbons (Fsp3) is 0.533. The first-order valence-corrected chi connectivity index (χ1v) is 14.1. The number of aryl methyl sites for hydroxylation is 2. The third kappa shape index (κ3) is 6.22. The summed E-state index contributed by atoms with van der Waals surface area (Å²) < 4.78 is 13.0. The number of methoxy groups -OCH3 is 1. The van der Waals surface area contributed by atoms with Crippen molar-refractivity contribution in [1.82, 2.24) is 25.2 Å². The molecule has 10 nitrogen and oxygen atoms in total. The Kier molecular flexibility index (Phi) is 7.98. The Bertz CT molecular complexity index is 1380. The van der Waals surface area contributed by atoms with Crippen LogP contribution in [0.15, 0.2) is 36.7 Å². The molecule has 1 aliphatic heterocycles. The number of hydrogen-bond donors (Lipinski definition) is 2. The number of pyridine rings is 2. The zero-order valence-electron chi connectivity index (χ0n) is 24.1. The summed E-state index contributed by atoms with van der Waals surface area (Å²) in [4.78, 5) is 37.1. The van der Waals surface area contributed by atoms with Crippen LogP contribution in [-0.2, 0) is 28.9 Å². The van der Waals surface area contributed by atoms with E-state index in [4.69, 9.17) is 14.5 Å². The molecule has 40 heavy (non-hydrogen) atoms. The standard InChI is InChI=1S/C30H40N6O4/c1-6-35-12-11-20-13-21(15-31-27(20)35)28(37)32-23-8-9-24-19(14-23)7-10-26(33-24)36-16-22(18-39-5)25(17-36)34-29(38)40-30(2,3)4/h7,10-13,15,22-23,25H,6,8-9,14,16-18H2,1-5H3,(H,32,37)(H,34,38)/t22-,23-,25-/m0/s1. The molecular weight excluding hydrogens is 508 g/mol. The van der Waals surface area contributed by atoms with E-state index in [0.29, 0.717) is 18.7 Å². The van der Waals surface area contributed by atoms with Gasteiger partial charge in [0.1, 0.15) is 17.1 Å². The molecule has 0 unspecified atom stereocenters. The van der Waals surface area contributed by atoms with Crippen molar-refractivity contribution >= 4 is 28.9 Å². The third-order valence-corrected chi connectivity index (χ3v) is 7.64. The number of rotatable bonds is 7. The molecule has 2 N–H and O–H groups in total. The Morgan fingerprint density at radius 1 is 1.15 bits per heavy atom. The number of alkyl carbamates (subject to hydrolysis) is 1. The van der Waals surface area contributed by atoms with Crippen LogP contribution in [0.2, 0.25) is 0 Å². The van der Waals surface area contributed by atoms with Gasteiger partial charge >= 0.3 is 6.09 Å². The van der Waals surface area contributed by atoms with E-state index >= 15 is 0 Å². The summed E-state index contributed by atoms with van der Waals surface area (Å²) in [5, 5.41) is 7.20. The van der Waals surface area contributed by atoms with Crippen molar-refractivity contribution in [2.45, 2.75) is 71.2 Å². The predicted octanol–water partition coefficient (Wildman–Crippen LogP) is 3.71. The first kappa shape index (κ1) is 27.9. The Morgan fingerprint density at radius 3 is 2.73 bits per heavy atom. The van der Waals surface area contributed by atoms with Crippen LogP contribution in [0.4, 0.5) is 10.6 Å². The smallest absolute Gasteiger partial charge is 0.407 e. The Hall–Kier alpha value is -3.66. The van der Waals surface area contributed by atoms with Crippen LogP contribution in [0.5, 0.6) is 0 Å². The zero-order valence-corrected chi connectivity index (χ0v) is 24.1. The minimum Gasteiger partial charge on any atom is -0.444 e. The minimum absolute atomic E-state index is 0.0452. The van der Waals surface area contributed by atoms with Gasteiger partial charge in [-0.2, -0.15) is 0 Å². The molecular formula is C30H40N6O4. The van der Waals surface area contributed by atoms with Crippen molar-refractivity contribution in [3.05, 3.63) is 53.5 Å². The molecule has 0 bridgehead atoms. The zero-order chi connectivity index (χ0) is 28.4. The second-order valence-corrected chi connectivity index (χ2v) is 11.8. The maximum absolute atomic E-state index is 13.0. The molecule has 10 heteroatoms. The van der Waals surface area contributed by atoms with Crippen LogP contribution in [0, 0.1) is 5.92 Å². The van der Waals surface area contributed by atoms with Gasteiger partial charge in [0.2, 0.25) is 0 Å². The van der Waals surface area contributed by atoms with Crippen molar-refractivity contribution in [1.29, 1.82) is 0 Å². The molecule has 3 aromatic heterocycles. The van der Waals surface area contributed by atoms with Gasteiger partial charge in [-0.25, -0.2) is 14.8 Å². The van der Waals surface area contributed by atoms with E-state index in [-0.39, 0.29) is 23.9 Å². The third-order valence-electron chi connectivity index (χ3n) is 7.64. The van der Waals surface area contributed by atoms with Crippen LogP contribution >= 0.6 is 0 Å². The molecule has 1 aliphatic carbocycles. The van der Waals surface area contributed by atoms with Gasteiger partial charge < -0.3 is 29.6 Å². The average Bonchev–Trinajstić information content (AvgIpc) is 3.50. The largest absolute Gasteiger partial charge is 0.444 e. The van der Waals surface area contributed by atoms with E-state index in [1.54, 1.807) is 13.3 Å². The van der Waals surface area contributed by atoms with Crippen LogP contribution < -0.4 is 15.5 Å². The Balaban J connectivity index is 1.21. The fourth-order valence-electron chi connectivity index (χ4n) is 5.69. The molecule has 1 fully saturated rings. The summed E-state index contributed by atoms with van der Waals surface area (Å²) in [5.41, 5.74) is 3.15. The van der Waals surface area contributed by atoms with Gasteiger partial charge in [-0.1, -0.05) is 6.07 Å². The van der Waals surface area contributed by atoms with Gasteiger partial charge in [-0.15, -0.1) is 0 Å². The van der Waals surface area contributed by atoms with Crippen molar-refractivity contribution in [3.8, 4) is 0 Å². The van der Waals surface area contributed by atoms with E-state index in [9.17, 15) is 9.59 Å². The summed E-state index contributed by atoms with van der Waals surface area (Å²) >= 11 is 0. The second kappa shape index (κ2) is 11.4. The lowest BCUT2D eigenvalue weighted by atomic mass is 9.91. The van der Waals surface area contributed by atoms with E-state index in [0.717, 1.165) is 60.5 Å². The topological polar surface area (TPSA) is 111 Å². The van der Waals surface area contributed by atoms with Crippen molar-refractivity contribution in [2.75, 3.05) is 31.7 Å². The number of amides is 2. The van der Waals surface area contributed by atoms with Gasteiger partial charge in [-0.3, -0.25) is 4.79 Å². The van der Waals surface area contributed by atoms with Crippen LogP contribution in [0.3, 0.4) is 0 Å². The van der Waals surface area contributed by atoms with E-state index in [1.807, 2.05) is 45.2 Å². The molecule has 2 amide bonds. The van der Waals surface area contributed by atoms with Gasteiger partial charge in [0.05, 0.1) is 18.2 Å². The lowest BCUT2D eigenvalue weighted by molar-refractivity contribution is 0.0480. The highest BCUT2D eigenvalue weighted by Gasteiger charge is 2.36. The number of nitrogens with one attached hydrogen (secondary N) is 2. The highest BCUT2D eigenvalue weighted by atomic mass is 16.6. The number of anilines is 1. The van der Waals surface area contributed by atoms with E-state index in [1.165, 1.54) is 0 Å². The van der Waals surface area contributed by atoms with E-state index in [2.05, 4.69) is 38.1 Å². The molecule has 5 rings (SSSR count). The number of nitrogens with zero attached hydrogens (tertiary/aromatic N) is 4. The first-order valence-electron chi connectivity index (χ1n) is 14.1. The molecule has 0 spiro atoms. The number of ether oxygens (including phenoxy) is 2. The number of aromatic nitrogens is 3. The molecule has 1 saturated heterocycles. The second-order valence-electron chi connectivity index (χ2n) is 11.8. The molecule has 0 saturated carbocycles. The molecule has 0 aromatic carbocycles. The monoisotopic (exact) mass is 548 g/mol. The average molecular weight is 549 g/mol. The molecule has 214 valence electrons. The van der Waals surface area contributed by atoms with Gasteiger partial charge in [0.15, 0.2) is 0 Å². The maximum atomic E-state index is 13.0. The number of carbonyl (C=O) groups is 2. The highest BCUT2D eigenvalue weighted by Crippen LogP contribution is 2.28. The number of hydrogen-bond acceptors (Lipinski definition) is 7. The molecule has 3 atom stereocenters. The summed E-state index contributed by atoms with van der Waals surface area (Å²) in [7, 11) is 1.68. The fourth-order valence-corrected chi connectivity index (χ4v) is 5.69. The summed E-state index contributed by atoms with van der Waals surface area (Å²) in [6, 6.07) is 8.02. The van der Waals surface area contributed by atoms with Gasteiger partial charge in [0, 0.05) is 62.2 Å². The highest BCUT2D eigenvalue weighted by molar-refractivity contribution is 5.97. The molecule has 2 aliphatic rings. The molecule has 0 radical (unpaired) electrons. The normalized spacial score (nSPS) is 20.8. The number of carbonyl (C=O) groups excluding carboxylic acids is 2. The number of fused-ring (bicyclic) bond motifs is 2. The quantitative estimate of drug-likeness (QED) is 0.463. The van der Waals surface area contributed by atoms with Gasteiger partial charge in [0.25, 0.3) is 5.91 Å². The van der Waals surface area contributed by atoms with Crippen LogP contribution in [-0.4, -0.2) is 71.0 Å². The lowest BCUT2D eigenvalue weighted by Gasteiger charge is -2.27.